The Hall–Kier alpha value is 0.01000. The lowest BCUT2D eigenvalue weighted by Crippen LogP contribution is -1.89. The molecule has 88 valence electrons. The fourth-order valence-electron chi connectivity index (χ4n) is 2.06. The lowest BCUT2D eigenvalue weighted by molar-refractivity contribution is 0.985. The van der Waals surface area contributed by atoms with Gasteiger partial charge in [-0.15, -0.1) is 11.8 Å². The van der Waals surface area contributed by atoms with Crippen molar-refractivity contribution in [2.24, 2.45) is 5.92 Å². The van der Waals surface area contributed by atoms with E-state index in [1.165, 1.54) is 15.7 Å². The normalized spacial score (nSPS) is 26.1. The Morgan fingerprint density at radius 3 is 2.41 bits per heavy atom. The van der Waals surface area contributed by atoms with E-state index in [0.717, 1.165) is 0 Å². The maximum atomic E-state index is 3.74. The van der Waals surface area contributed by atoms with E-state index in [-0.39, 0.29) is 3.23 Å². The minimum Gasteiger partial charge on any atom is -0.119 e. The summed E-state index contributed by atoms with van der Waals surface area (Å²) in [5, 5.41) is 3.28. The Morgan fingerprint density at radius 2 is 1.71 bits per heavy atom. The summed E-state index contributed by atoms with van der Waals surface area (Å²) in [7, 11) is 0. The van der Waals surface area contributed by atoms with Gasteiger partial charge >= 0.3 is 0 Å². The van der Waals surface area contributed by atoms with E-state index in [1.54, 1.807) is 0 Å². The van der Waals surface area contributed by atoms with Crippen LogP contribution in [0.15, 0.2) is 47.4 Å². The molecule has 0 amide bonds. The average Bonchev–Trinajstić information content (AvgIpc) is 2.80. The minimum atomic E-state index is 0.127. The summed E-state index contributed by atoms with van der Waals surface area (Å²) in [5.41, 5.74) is 0. The highest BCUT2D eigenvalue weighted by molar-refractivity contribution is 9.25. The summed E-state index contributed by atoms with van der Waals surface area (Å²) in [5.74, 6) is 0.659. The van der Waals surface area contributed by atoms with Crippen molar-refractivity contribution in [1.29, 1.82) is 0 Å². The van der Waals surface area contributed by atoms with Crippen LogP contribution < -0.4 is 0 Å². The number of hydrogen-bond acceptors (Lipinski definition) is 1. The van der Waals surface area contributed by atoms with Crippen LogP contribution in [-0.2, 0) is 0 Å². The summed E-state index contributed by atoms with van der Waals surface area (Å²) in [6, 6.07) is 15.1. The van der Waals surface area contributed by atoms with Crippen molar-refractivity contribution in [3.8, 4) is 0 Å². The Balaban J connectivity index is 1.97. The molecule has 17 heavy (non-hydrogen) atoms. The second kappa shape index (κ2) is 4.29. The van der Waals surface area contributed by atoms with Gasteiger partial charge in [0.25, 0.3) is 0 Å². The summed E-state index contributed by atoms with van der Waals surface area (Å²) in [4.78, 5) is 1.38. The van der Waals surface area contributed by atoms with Crippen molar-refractivity contribution in [1.82, 2.24) is 0 Å². The van der Waals surface area contributed by atoms with Crippen molar-refractivity contribution in [2.75, 3.05) is 0 Å². The van der Waals surface area contributed by atoms with Gasteiger partial charge in [0.05, 0.1) is 3.23 Å². The molecule has 0 aliphatic heterocycles. The van der Waals surface area contributed by atoms with Crippen LogP contribution in [0.25, 0.3) is 10.8 Å². The molecule has 0 bridgehead atoms. The van der Waals surface area contributed by atoms with E-state index < -0.39 is 0 Å². The Labute approximate surface area is 122 Å². The Morgan fingerprint density at radius 1 is 1.06 bits per heavy atom. The molecule has 0 aromatic heterocycles. The molecule has 1 fully saturated rings. The molecule has 1 aliphatic carbocycles. The molecule has 0 heterocycles. The van der Waals surface area contributed by atoms with Crippen molar-refractivity contribution < 1.29 is 0 Å². The SMILES string of the molecule is C[C@@H]1[C@H](Sc2cccc3ccccc23)C1(Br)Br. The maximum absolute atomic E-state index is 3.74. The molecule has 0 nitrogen and oxygen atoms in total. The van der Waals surface area contributed by atoms with Crippen LogP contribution in [0.3, 0.4) is 0 Å². The maximum Gasteiger partial charge on any atom is 0.0966 e. The lowest BCUT2D eigenvalue weighted by atomic mass is 10.1. The Kier molecular flexibility index (Phi) is 3.04. The molecule has 1 aliphatic rings. The zero-order valence-electron chi connectivity index (χ0n) is 9.36. The predicted molar refractivity (Wildman–Crippen MR) is 83.3 cm³/mol. The third kappa shape index (κ3) is 2.06. The van der Waals surface area contributed by atoms with Crippen LogP contribution in [0.2, 0.25) is 0 Å². The fraction of sp³-hybridized carbons (Fsp3) is 0.286. The molecular formula is C14H12Br2S. The van der Waals surface area contributed by atoms with Crippen LogP contribution in [0, 0.1) is 5.92 Å². The summed E-state index contributed by atoms with van der Waals surface area (Å²) >= 11 is 9.43. The minimum absolute atomic E-state index is 0.127. The molecule has 0 spiro atoms. The van der Waals surface area contributed by atoms with Gasteiger partial charge in [-0.25, -0.2) is 0 Å². The monoisotopic (exact) mass is 370 g/mol. The number of benzene rings is 2. The second-order valence-corrected chi connectivity index (χ2v) is 9.35. The number of alkyl halides is 2. The first-order valence-electron chi connectivity index (χ1n) is 5.63. The van der Waals surface area contributed by atoms with Gasteiger partial charge in [0.2, 0.25) is 0 Å². The molecule has 3 heteroatoms. The van der Waals surface area contributed by atoms with E-state index in [0.29, 0.717) is 11.2 Å². The van der Waals surface area contributed by atoms with Crippen LogP contribution in [0.4, 0.5) is 0 Å². The van der Waals surface area contributed by atoms with Crippen molar-refractivity contribution >= 4 is 54.4 Å². The molecule has 2 aromatic rings. The van der Waals surface area contributed by atoms with Crippen LogP contribution >= 0.6 is 43.6 Å². The number of fused-ring (bicyclic) bond motifs is 1. The van der Waals surface area contributed by atoms with Crippen LogP contribution in [0.5, 0.6) is 0 Å². The van der Waals surface area contributed by atoms with Crippen LogP contribution in [-0.4, -0.2) is 8.48 Å². The lowest BCUT2D eigenvalue weighted by Gasteiger charge is -2.06. The summed E-state index contributed by atoms with van der Waals surface area (Å²) in [6.07, 6.45) is 0. The van der Waals surface area contributed by atoms with Gasteiger partial charge in [0.1, 0.15) is 0 Å². The third-order valence-electron chi connectivity index (χ3n) is 3.34. The molecule has 0 N–H and O–H groups in total. The molecule has 3 rings (SSSR count). The molecular weight excluding hydrogens is 360 g/mol. The second-order valence-electron chi connectivity index (χ2n) is 4.48. The molecule has 1 saturated carbocycles. The van der Waals surface area contributed by atoms with Crippen molar-refractivity contribution in [2.45, 2.75) is 20.3 Å². The van der Waals surface area contributed by atoms with Crippen molar-refractivity contribution in [3.05, 3.63) is 42.5 Å². The van der Waals surface area contributed by atoms with E-state index in [4.69, 9.17) is 0 Å². The van der Waals surface area contributed by atoms with E-state index in [1.807, 2.05) is 11.8 Å². The topological polar surface area (TPSA) is 0 Å². The summed E-state index contributed by atoms with van der Waals surface area (Å²) in [6.45, 7) is 2.27. The molecule has 0 radical (unpaired) electrons. The van der Waals surface area contributed by atoms with Crippen LogP contribution in [0.1, 0.15) is 6.92 Å². The molecule has 0 saturated heterocycles. The highest BCUT2D eigenvalue weighted by Gasteiger charge is 2.59. The molecule has 2 aromatic carbocycles. The number of hydrogen-bond donors (Lipinski definition) is 0. The van der Waals surface area contributed by atoms with Gasteiger partial charge < -0.3 is 0 Å². The first kappa shape index (κ1) is 12.1. The highest BCUT2D eigenvalue weighted by atomic mass is 79.9. The number of rotatable bonds is 2. The number of halogens is 2. The van der Waals surface area contributed by atoms with E-state index in [2.05, 4.69) is 81.2 Å². The van der Waals surface area contributed by atoms with E-state index in [9.17, 15) is 0 Å². The highest BCUT2D eigenvalue weighted by Crippen LogP contribution is 2.63. The summed E-state index contributed by atoms with van der Waals surface area (Å²) < 4.78 is 0.127. The zero-order chi connectivity index (χ0) is 12.0. The first-order valence-corrected chi connectivity index (χ1v) is 8.09. The molecule has 2 atom stereocenters. The van der Waals surface area contributed by atoms with Gasteiger partial charge in [-0.3, -0.25) is 0 Å². The largest absolute Gasteiger partial charge is 0.119 e. The fourth-order valence-corrected chi connectivity index (χ4v) is 5.48. The Bertz CT molecular complexity index is 560. The van der Waals surface area contributed by atoms with Gasteiger partial charge in [0.15, 0.2) is 0 Å². The third-order valence-corrected chi connectivity index (χ3v) is 8.02. The standard InChI is InChI=1S/C14H12Br2S/c1-9-13(14(9,15)16)17-12-8-4-6-10-5-2-3-7-11(10)12/h2-9,13H,1H3/t9-,13+/m1/s1. The van der Waals surface area contributed by atoms with Gasteiger partial charge in [-0.05, 0) is 22.8 Å². The van der Waals surface area contributed by atoms with Gasteiger partial charge in [-0.1, -0.05) is 75.2 Å². The molecule has 0 unspecified atom stereocenters. The van der Waals surface area contributed by atoms with Gasteiger partial charge in [-0.2, -0.15) is 0 Å². The zero-order valence-corrected chi connectivity index (χ0v) is 13.3. The smallest absolute Gasteiger partial charge is 0.0966 e. The van der Waals surface area contributed by atoms with Crippen molar-refractivity contribution in [3.63, 3.8) is 0 Å². The predicted octanol–water partition coefficient (Wildman–Crippen LogP) is 5.44. The van der Waals surface area contributed by atoms with Gasteiger partial charge in [0, 0.05) is 10.1 Å². The quantitative estimate of drug-likeness (QED) is 0.633. The average molecular weight is 372 g/mol. The first-order chi connectivity index (χ1) is 8.10. The number of thioether (sulfide) groups is 1. The van der Waals surface area contributed by atoms with E-state index >= 15 is 0 Å².